The van der Waals surface area contributed by atoms with E-state index >= 15 is 0 Å². The van der Waals surface area contributed by atoms with Crippen molar-refractivity contribution in [1.82, 2.24) is 15.3 Å². The van der Waals surface area contributed by atoms with Gasteiger partial charge in [-0.3, -0.25) is 9.59 Å². The number of nitrogens with one attached hydrogen (secondary N) is 2. The molecule has 2 N–H and O–H groups in total. The molecule has 38 heavy (non-hydrogen) atoms. The molecule has 0 saturated heterocycles. The zero-order valence-corrected chi connectivity index (χ0v) is 21.3. The number of ether oxygens (including phenoxy) is 1. The Morgan fingerprint density at radius 3 is 2.68 bits per heavy atom. The van der Waals surface area contributed by atoms with Gasteiger partial charge >= 0.3 is 5.97 Å². The molecule has 0 fully saturated rings. The van der Waals surface area contributed by atoms with Crippen LogP contribution in [-0.2, 0) is 25.5 Å². The first-order valence-corrected chi connectivity index (χ1v) is 12.4. The van der Waals surface area contributed by atoms with E-state index in [1.807, 2.05) is 36.4 Å². The number of H-pyrrole nitrogens is 1. The number of amides is 2. The molecule has 3 heterocycles. The van der Waals surface area contributed by atoms with E-state index in [1.165, 1.54) is 18.2 Å². The van der Waals surface area contributed by atoms with Crippen LogP contribution in [0.1, 0.15) is 36.3 Å². The van der Waals surface area contributed by atoms with Crippen molar-refractivity contribution in [3.05, 3.63) is 95.0 Å². The number of hydrogen-bond donors (Lipinski definition) is 2. The van der Waals surface area contributed by atoms with Crippen LogP contribution in [0.4, 0.5) is 0 Å². The van der Waals surface area contributed by atoms with Crippen molar-refractivity contribution < 1.29 is 23.5 Å². The number of hydrogen-bond acceptors (Lipinski definition) is 6. The molecule has 2 aromatic carbocycles. The topological polar surface area (TPSA) is 117 Å². The van der Waals surface area contributed by atoms with Crippen LogP contribution in [0.5, 0.6) is 0 Å². The fourth-order valence-corrected chi connectivity index (χ4v) is 4.64. The smallest absolute Gasteiger partial charge is 0.329 e. The molecule has 2 aromatic heterocycles. The summed E-state index contributed by atoms with van der Waals surface area (Å²) in [4.78, 5) is 41.2. The fraction of sp³-hybridized carbons (Fsp3) is 0.214. The molecule has 194 valence electrons. The van der Waals surface area contributed by atoms with Crippen LogP contribution in [0.3, 0.4) is 0 Å². The maximum Gasteiger partial charge on any atom is 0.329 e. The van der Waals surface area contributed by atoms with E-state index in [-0.39, 0.29) is 12.3 Å². The lowest BCUT2D eigenvalue weighted by Crippen LogP contribution is -2.43. The summed E-state index contributed by atoms with van der Waals surface area (Å²) in [6.07, 6.45) is 3.95. The molecule has 4 aromatic rings. The van der Waals surface area contributed by atoms with Gasteiger partial charge in [-0.25, -0.2) is 9.80 Å². The minimum Gasteiger partial charge on any atom is -0.467 e. The number of nitrogens with zero attached hydrogens (tertiary/aromatic N) is 2. The van der Waals surface area contributed by atoms with Crippen LogP contribution >= 0.6 is 11.6 Å². The number of aromatic amines is 1. The van der Waals surface area contributed by atoms with E-state index in [4.69, 9.17) is 20.8 Å². The Bertz CT molecular complexity index is 1490. The minimum atomic E-state index is -0.966. The maximum absolute atomic E-state index is 13.2. The fourth-order valence-electron chi connectivity index (χ4n) is 4.52. The summed E-state index contributed by atoms with van der Waals surface area (Å²) in [5.74, 6) is -1.05. The molecule has 9 nitrogen and oxygen atoms in total. The summed E-state index contributed by atoms with van der Waals surface area (Å²) in [5.41, 5.74) is 3.26. The number of furan rings is 1. The molecular weight excluding hydrogens is 508 g/mol. The number of rotatable bonds is 8. The first-order valence-electron chi connectivity index (χ1n) is 12.1. The predicted octanol–water partition coefficient (Wildman–Crippen LogP) is 4.38. The quantitative estimate of drug-likeness (QED) is 0.327. The normalized spacial score (nSPS) is 15.8. The lowest BCUT2D eigenvalue weighted by Gasteiger charge is -2.21. The van der Waals surface area contributed by atoms with Gasteiger partial charge in [-0.1, -0.05) is 41.9 Å². The molecule has 5 rings (SSSR count). The first kappa shape index (κ1) is 25.3. The Labute approximate surface area is 223 Å². The second-order valence-corrected chi connectivity index (χ2v) is 9.39. The van der Waals surface area contributed by atoms with Gasteiger partial charge in [0.25, 0.3) is 5.91 Å². The van der Waals surface area contributed by atoms with E-state index in [0.29, 0.717) is 22.9 Å². The molecule has 0 unspecified atom stereocenters. The monoisotopic (exact) mass is 532 g/mol. The highest BCUT2D eigenvalue weighted by molar-refractivity contribution is 6.30. The maximum atomic E-state index is 13.2. The standard InChI is InChI=1S/C28H25ClN4O5/c1-17(34)31-24(13-19-15-30-22-6-3-2-5-21(19)22)28(36)38-16-27(35)33-25(26-7-4-12-37-26)14-23(32-33)18-8-10-20(29)11-9-18/h2-12,15,24-25,30H,13-14,16H2,1H3,(H,31,34)/t24-,25-/m0/s1. The van der Waals surface area contributed by atoms with E-state index in [1.54, 1.807) is 30.5 Å². The van der Waals surface area contributed by atoms with Gasteiger partial charge < -0.3 is 19.5 Å². The Morgan fingerprint density at radius 2 is 1.95 bits per heavy atom. The third-order valence-corrected chi connectivity index (χ3v) is 6.57. The largest absolute Gasteiger partial charge is 0.467 e. The van der Waals surface area contributed by atoms with Crippen LogP contribution < -0.4 is 5.32 Å². The molecule has 0 bridgehead atoms. The summed E-state index contributed by atoms with van der Waals surface area (Å²) in [6, 6.07) is 16.9. The van der Waals surface area contributed by atoms with Crippen molar-refractivity contribution >= 4 is 46.0 Å². The Kier molecular flexibility index (Phi) is 7.28. The second kappa shape index (κ2) is 10.9. The zero-order chi connectivity index (χ0) is 26.6. The van der Waals surface area contributed by atoms with Crippen molar-refractivity contribution in [3.8, 4) is 0 Å². The Balaban J connectivity index is 1.30. The number of aromatic nitrogens is 1. The highest BCUT2D eigenvalue weighted by Gasteiger charge is 2.35. The van der Waals surface area contributed by atoms with Crippen LogP contribution in [-0.4, -0.2) is 46.1 Å². The van der Waals surface area contributed by atoms with E-state index in [9.17, 15) is 14.4 Å². The van der Waals surface area contributed by atoms with Crippen LogP contribution in [0.25, 0.3) is 10.9 Å². The van der Waals surface area contributed by atoms with Gasteiger partial charge in [0.2, 0.25) is 5.91 Å². The highest BCUT2D eigenvalue weighted by atomic mass is 35.5. The van der Waals surface area contributed by atoms with Crippen LogP contribution in [0.15, 0.2) is 82.6 Å². The number of hydrazone groups is 1. The average molecular weight is 533 g/mol. The van der Waals surface area contributed by atoms with Crippen molar-refractivity contribution in [2.24, 2.45) is 5.10 Å². The third kappa shape index (κ3) is 5.47. The molecule has 0 radical (unpaired) electrons. The summed E-state index contributed by atoms with van der Waals surface area (Å²) in [5, 5.41) is 9.97. The van der Waals surface area contributed by atoms with Gasteiger partial charge in [-0.15, -0.1) is 0 Å². The molecular formula is C28H25ClN4O5. The number of para-hydroxylation sites is 1. The third-order valence-electron chi connectivity index (χ3n) is 6.31. The van der Waals surface area contributed by atoms with Gasteiger partial charge in [0, 0.05) is 41.9 Å². The molecule has 0 spiro atoms. The van der Waals surface area contributed by atoms with Crippen molar-refractivity contribution in [2.75, 3.05) is 6.61 Å². The zero-order valence-electron chi connectivity index (χ0n) is 20.5. The lowest BCUT2D eigenvalue weighted by atomic mass is 10.0. The number of halogens is 1. The molecule has 2 amide bonds. The summed E-state index contributed by atoms with van der Waals surface area (Å²) >= 11 is 6.01. The number of fused-ring (bicyclic) bond motifs is 1. The SMILES string of the molecule is CC(=O)N[C@@H](Cc1c[nH]c2ccccc12)C(=O)OCC(=O)N1N=C(c2ccc(Cl)cc2)C[C@H]1c1ccco1. The van der Waals surface area contributed by atoms with Crippen molar-refractivity contribution in [3.63, 3.8) is 0 Å². The molecule has 2 atom stereocenters. The number of benzene rings is 2. The minimum absolute atomic E-state index is 0.203. The van der Waals surface area contributed by atoms with Crippen molar-refractivity contribution in [1.29, 1.82) is 0 Å². The average Bonchev–Trinajstić information content (AvgIpc) is 3.67. The summed E-state index contributed by atoms with van der Waals surface area (Å²) < 4.78 is 10.9. The number of carbonyl (C=O) groups excluding carboxylic acids is 3. The van der Waals surface area contributed by atoms with E-state index < -0.39 is 30.6 Å². The number of esters is 1. The lowest BCUT2D eigenvalue weighted by molar-refractivity contribution is -0.155. The predicted molar refractivity (Wildman–Crippen MR) is 141 cm³/mol. The molecule has 10 heteroatoms. The van der Waals surface area contributed by atoms with Gasteiger partial charge in [-0.2, -0.15) is 5.10 Å². The highest BCUT2D eigenvalue weighted by Crippen LogP contribution is 2.33. The van der Waals surface area contributed by atoms with Gasteiger partial charge in [0.15, 0.2) is 6.61 Å². The van der Waals surface area contributed by atoms with Gasteiger partial charge in [0.1, 0.15) is 17.8 Å². The van der Waals surface area contributed by atoms with Crippen molar-refractivity contribution in [2.45, 2.75) is 31.8 Å². The number of carbonyl (C=O) groups is 3. The summed E-state index contributed by atoms with van der Waals surface area (Å²) in [6.45, 7) is 0.781. The molecule has 1 aliphatic heterocycles. The molecule has 0 saturated carbocycles. The second-order valence-electron chi connectivity index (χ2n) is 8.95. The van der Waals surface area contributed by atoms with E-state index in [2.05, 4.69) is 15.4 Å². The first-order chi connectivity index (χ1) is 18.4. The van der Waals surface area contributed by atoms with Gasteiger partial charge in [0.05, 0.1) is 12.0 Å². The van der Waals surface area contributed by atoms with Gasteiger partial charge in [-0.05, 0) is 41.5 Å². The molecule has 1 aliphatic rings. The Hall–Kier alpha value is -4.37. The molecule has 0 aliphatic carbocycles. The van der Waals surface area contributed by atoms with Crippen LogP contribution in [0, 0.1) is 0 Å². The summed E-state index contributed by atoms with van der Waals surface area (Å²) in [7, 11) is 0. The van der Waals surface area contributed by atoms with E-state index in [0.717, 1.165) is 22.0 Å². The Morgan fingerprint density at radius 1 is 1.16 bits per heavy atom. The van der Waals surface area contributed by atoms with Crippen LogP contribution in [0.2, 0.25) is 5.02 Å².